The summed E-state index contributed by atoms with van der Waals surface area (Å²) >= 11 is 23.7. The van der Waals surface area contributed by atoms with Crippen molar-refractivity contribution >= 4 is 75.1 Å². The highest BCUT2D eigenvalue weighted by atomic mass is 35.6. The van der Waals surface area contributed by atoms with Crippen LogP contribution in [-0.4, -0.2) is 21.0 Å². The van der Waals surface area contributed by atoms with Gasteiger partial charge in [0, 0.05) is 11.3 Å². The lowest BCUT2D eigenvalue weighted by molar-refractivity contribution is 0.0934. The highest BCUT2D eigenvalue weighted by Gasteiger charge is 2.35. The summed E-state index contributed by atoms with van der Waals surface area (Å²) < 4.78 is -1.86. The van der Waals surface area contributed by atoms with E-state index in [1.165, 1.54) is 0 Å². The molecule has 182 valence electrons. The Labute approximate surface area is 225 Å². The molecule has 3 aromatic carbocycles. The Morgan fingerprint density at radius 3 is 2.20 bits per heavy atom. The molecule has 1 atom stereocenters. The first-order valence-corrected chi connectivity index (χ1v) is 12.2. The topological polar surface area (TPSA) is 77.9 Å². The molecule has 0 aliphatic carbocycles. The van der Waals surface area contributed by atoms with Gasteiger partial charge < -0.3 is 16.0 Å². The number of carbonyl (C=O) groups is 1. The van der Waals surface area contributed by atoms with E-state index in [1.54, 1.807) is 12.1 Å². The molecule has 0 fully saturated rings. The van der Waals surface area contributed by atoms with Gasteiger partial charge in [-0.2, -0.15) is 10.2 Å². The molecule has 3 aromatic rings. The van der Waals surface area contributed by atoms with Crippen molar-refractivity contribution < 1.29 is 4.79 Å². The second-order valence-electron chi connectivity index (χ2n) is 7.90. The summed E-state index contributed by atoms with van der Waals surface area (Å²) in [7, 11) is 0. The number of amides is 1. The maximum atomic E-state index is 12.6. The van der Waals surface area contributed by atoms with Gasteiger partial charge in [-0.3, -0.25) is 4.79 Å². The van der Waals surface area contributed by atoms with Gasteiger partial charge in [0.15, 0.2) is 5.11 Å². The first kappa shape index (κ1) is 26.9. The summed E-state index contributed by atoms with van der Waals surface area (Å²) in [5.41, 5.74) is 5.61. The fraction of sp³-hybridized carbons (Fsp3) is 0.200. The van der Waals surface area contributed by atoms with Crippen LogP contribution >= 0.6 is 47.0 Å². The minimum atomic E-state index is -1.86. The van der Waals surface area contributed by atoms with Crippen molar-refractivity contribution in [3.8, 4) is 0 Å². The Balaban J connectivity index is 1.66. The Morgan fingerprint density at radius 1 is 0.886 bits per heavy atom. The van der Waals surface area contributed by atoms with Crippen LogP contribution < -0.4 is 16.0 Å². The third-order valence-corrected chi connectivity index (χ3v) is 5.91. The summed E-state index contributed by atoms with van der Waals surface area (Å²) in [4.78, 5) is 12.6. The van der Waals surface area contributed by atoms with Gasteiger partial charge in [-0.05, 0) is 80.5 Å². The lowest BCUT2D eigenvalue weighted by Gasteiger charge is -2.28. The van der Waals surface area contributed by atoms with Gasteiger partial charge >= 0.3 is 0 Å². The molecule has 3 N–H and O–H groups in total. The molecule has 0 bridgehead atoms. The van der Waals surface area contributed by atoms with Crippen molar-refractivity contribution in [3.05, 3.63) is 89.0 Å². The number of anilines is 1. The smallest absolute Gasteiger partial charge is 0.252 e. The highest BCUT2D eigenvalue weighted by molar-refractivity contribution is 7.80. The Kier molecular flexibility index (Phi) is 9.08. The molecule has 35 heavy (non-hydrogen) atoms. The lowest BCUT2D eigenvalue weighted by atomic mass is 10.1. The van der Waals surface area contributed by atoms with E-state index in [1.807, 2.05) is 75.4 Å². The zero-order chi connectivity index (χ0) is 25.6. The number of rotatable bonds is 6. The summed E-state index contributed by atoms with van der Waals surface area (Å²) in [6, 6.07) is 20.3. The molecular weight excluding hydrogens is 525 g/mol. The molecule has 1 unspecified atom stereocenters. The predicted octanol–water partition coefficient (Wildman–Crippen LogP) is 7.44. The Hall–Kier alpha value is -2.71. The van der Waals surface area contributed by atoms with Gasteiger partial charge in [0.1, 0.15) is 6.17 Å². The molecule has 0 saturated heterocycles. The van der Waals surface area contributed by atoms with Crippen molar-refractivity contribution in [2.75, 3.05) is 5.32 Å². The van der Waals surface area contributed by atoms with Crippen LogP contribution in [0, 0.1) is 20.8 Å². The van der Waals surface area contributed by atoms with E-state index in [2.05, 4.69) is 26.2 Å². The molecule has 6 nitrogen and oxygen atoms in total. The first-order valence-electron chi connectivity index (χ1n) is 10.6. The summed E-state index contributed by atoms with van der Waals surface area (Å²) in [5, 5.41) is 17.4. The number of aryl methyl sites for hydroxylation is 3. The van der Waals surface area contributed by atoms with E-state index >= 15 is 0 Å². The van der Waals surface area contributed by atoms with Gasteiger partial charge in [0.2, 0.25) is 3.79 Å². The predicted molar refractivity (Wildman–Crippen MR) is 149 cm³/mol. The van der Waals surface area contributed by atoms with Crippen LogP contribution in [0.4, 0.5) is 17.1 Å². The van der Waals surface area contributed by atoms with Crippen molar-refractivity contribution in [1.29, 1.82) is 0 Å². The molecule has 10 heteroatoms. The monoisotopic (exact) mass is 547 g/mol. The second kappa shape index (κ2) is 11.8. The number of hydrogen-bond acceptors (Lipinski definition) is 4. The molecule has 0 aromatic heterocycles. The molecular formula is C25H24Cl3N5OS. The van der Waals surface area contributed by atoms with E-state index in [0.717, 1.165) is 28.1 Å². The number of halogens is 3. The number of benzene rings is 3. The maximum Gasteiger partial charge on any atom is 0.252 e. The van der Waals surface area contributed by atoms with Gasteiger partial charge in [-0.15, -0.1) is 0 Å². The van der Waals surface area contributed by atoms with Gasteiger partial charge in [0.25, 0.3) is 5.91 Å². The van der Waals surface area contributed by atoms with E-state index < -0.39 is 15.9 Å². The maximum absolute atomic E-state index is 12.6. The molecule has 3 rings (SSSR count). The molecule has 0 spiro atoms. The zero-order valence-corrected chi connectivity index (χ0v) is 22.4. The number of azo groups is 1. The summed E-state index contributed by atoms with van der Waals surface area (Å²) in [6.07, 6.45) is -1.08. The normalized spacial score (nSPS) is 12.3. The second-order valence-corrected chi connectivity index (χ2v) is 10.7. The number of nitrogens with zero attached hydrogens (tertiary/aromatic N) is 2. The van der Waals surface area contributed by atoms with Crippen LogP contribution in [0.3, 0.4) is 0 Å². The van der Waals surface area contributed by atoms with Crippen LogP contribution in [-0.2, 0) is 0 Å². The quantitative estimate of drug-likeness (QED) is 0.129. The fourth-order valence-electron chi connectivity index (χ4n) is 3.05. The average Bonchev–Trinajstić information content (AvgIpc) is 2.79. The van der Waals surface area contributed by atoms with Crippen LogP contribution in [0.2, 0.25) is 0 Å². The number of hydrogen-bond donors (Lipinski definition) is 3. The highest BCUT2D eigenvalue weighted by Crippen LogP contribution is 2.30. The van der Waals surface area contributed by atoms with Gasteiger partial charge in [-0.1, -0.05) is 70.7 Å². The number of carbonyl (C=O) groups excluding carboxylic acids is 1. The fourth-order valence-corrected chi connectivity index (χ4v) is 3.60. The molecule has 0 heterocycles. The molecule has 0 aliphatic rings. The van der Waals surface area contributed by atoms with Crippen molar-refractivity contribution in [2.45, 2.75) is 30.7 Å². The van der Waals surface area contributed by atoms with Crippen LogP contribution in [0.5, 0.6) is 0 Å². The number of thiocarbonyl (C=S) groups is 1. The minimum absolute atomic E-state index is 0.169. The van der Waals surface area contributed by atoms with Crippen LogP contribution in [0.1, 0.15) is 27.0 Å². The standard InChI is InChI=1S/C25H24Cl3N5OS/c1-15-8-10-18(11-9-15)22(34)30-23(25(26,27)28)31-24(35)29-20-13-12-19(14-17(20)3)32-33-21-7-5-4-6-16(21)2/h4-14,23H,1-3H3,(H,30,34)(H2,29,31,35). The van der Waals surface area contributed by atoms with Crippen molar-refractivity contribution in [1.82, 2.24) is 10.6 Å². The van der Waals surface area contributed by atoms with Gasteiger partial charge in [0.05, 0.1) is 11.4 Å². The summed E-state index contributed by atoms with van der Waals surface area (Å²) in [6.45, 7) is 5.82. The van der Waals surface area contributed by atoms with Crippen LogP contribution in [0.25, 0.3) is 0 Å². The zero-order valence-electron chi connectivity index (χ0n) is 19.3. The van der Waals surface area contributed by atoms with Crippen LogP contribution in [0.15, 0.2) is 77.0 Å². The van der Waals surface area contributed by atoms with E-state index in [0.29, 0.717) is 11.3 Å². The Morgan fingerprint density at radius 2 is 1.57 bits per heavy atom. The third-order valence-electron chi connectivity index (χ3n) is 5.04. The van der Waals surface area contributed by atoms with Gasteiger partial charge in [-0.25, -0.2) is 0 Å². The number of alkyl halides is 3. The van der Waals surface area contributed by atoms with E-state index in [-0.39, 0.29) is 5.11 Å². The minimum Gasteiger partial charge on any atom is -0.339 e. The van der Waals surface area contributed by atoms with Crippen molar-refractivity contribution in [3.63, 3.8) is 0 Å². The molecule has 0 saturated carbocycles. The molecule has 0 radical (unpaired) electrons. The first-order chi connectivity index (χ1) is 16.5. The Bertz CT molecular complexity index is 1240. The van der Waals surface area contributed by atoms with Crippen molar-refractivity contribution in [2.24, 2.45) is 10.2 Å². The van der Waals surface area contributed by atoms with E-state index in [4.69, 9.17) is 47.0 Å². The van der Waals surface area contributed by atoms with E-state index in [9.17, 15) is 4.79 Å². The molecule has 0 aliphatic heterocycles. The SMILES string of the molecule is Cc1ccc(C(=O)NC(NC(=S)Nc2ccc(N=Nc3ccccc3C)cc2C)C(Cl)(Cl)Cl)cc1. The number of nitrogens with one attached hydrogen (secondary N) is 3. The average molecular weight is 549 g/mol. The summed E-state index contributed by atoms with van der Waals surface area (Å²) in [5.74, 6) is -0.406. The largest absolute Gasteiger partial charge is 0.339 e. The third kappa shape index (κ3) is 7.90. The lowest BCUT2D eigenvalue weighted by Crippen LogP contribution is -2.56. The molecule has 1 amide bonds.